The van der Waals surface area contributed by atoms with Crippen LogP contribution in [-0.2, 0) is 0 Å². The van der Waals surface area contributed by atoms with E-state index in [2.05, 4.69) is 41.1 Å². The molecule has 0 radical (unpaired) electrons. The summed E-state index contributed by atoms with van der Waals surface area (Å²) in [5, 5.41) is 3.64. The minimum atomic E-state index is -0.0321. The normalized spacial score (nSPS) is 25.7. The number of nitrogens with one attached hydrogen (secondary N) is 1. The Bertz CT molecular complexity index is 671. The molecule has 2 fully saturated rings. The minimum absolute atomic E-state index is 0. The summed E-state index contributed by atoms with van der Waals surface area (Å²) in [5.41, 5.74) is 0.185. The quantitative estimate of drug-likeness (QED) is 0.378. The number of nitrogens with zero attached hydrogens (tertiary/aromatic N) is 4. The third kappa shape index (κ3) is 5.65. The van der Waals surface area contributed by atoms with Crippen molar-refractivity contribution in [3.05, 3.63) is 24.2 Å². The maximum Gasteiger partial charge on any atom is 0.289 e. The second-order valence-electron chi connectivity index (χ2n) is 8.48. The van der Waals surface area contributed by atoms with Crippen LogP contribution in [0.25, 0.3) is 0 Å². The molecule has 1 saturated heterocycles. The summed E-state index contributed by atoms with van der Waals surface area (Å²) in [6.45, 7) is 6.17. The Balaban J connectivity index is 0.00000300. The van der Waals surface area contributed by atoms with Gasteiger partial charge >= 0.3 is 0 Å². The van der Waals surface area contributed by atoms with Crippen LogP contribution >= 0.6 is 24.0 Å². The van der Waals surface area contributed by atoms with Crippen molar-refractivity contribution in [1.29, 1.82) is 0 Å². The van der Waals surface area contributed by atoms with Crippen LogP contribution in [0.5, 0.6) is 0 Å². The molecule has 2 unspecified atom stereocenters. The third-order valence-electron chi connectivity index (χ3n) is 6.40. The maximum absolute atomic E-state index is 12.4. The zero-order chi connectivity index (χ0) is 20.1. The standard InChI is InChI=1S/C21H35N5O2.HI/c1-17-7-5-9-21(15-17,24(3)4)16-23-20(22-2)26-12-10-25(11-13-26)19(27)18-8-6-14-28-18;/h6,8,14,17H,5,7,9-13,15-16H2,1-4H3,(H,22,23);1H. The predicted octanol–water partition coefficient (Wildman–Crippen LogP) is 2.74. The highest BCUT2D eigenvalue weighted by Gasteiger charge is 2.37. The van der Waals surface area contributed by atoms with Crippen LogP contribution in [0.1, 0.15) is 43.2 Å². The highest BCUT2D eigenvalue weighted by atomic mass is 127. The molecule has 1 aliphatic heterocycles. The monoisotopic (exact) mass is 517 g/mol. The van der Waals surface area contributed by atoms with E-state index in [1.807, 2.05) is 11.9 Å². The lowest BCUT2D eigenvalue weighted by Crippen LogP contribution is -2.59. The van der Waals surface area contributed by atoms with E-state index in [1.165, 1.54) is 25.7 Å². The number of hydrogen-bond acceptors (Lipinski definition) is 4. The van der Waals surface area contributed by atoms with Crippen LogP contribution in [0.3, 0.4) is 0 Å². The molecule has 0 bridgehead atoms. The van der Waals surface area contributed by atoms with Gasteiger partial charge in [0.25, 0.3) is 5.91 Å². The van der Waals surface area contributed by atoms with Crippen molar-refractivity contribution >= 4 is 35.8 Å². The van der Waals surface area contributed by atoms with Crippen LogP contribution < -0.4 is 5.32 Å². The average molecular weight is 517 g/mol. The number of hydrogen-bond donors (Lipinski definition) is 1. The summed E-state index contributed by atoms with van der Waals surface area (Å²) < 4.78 is 5.25. The molecule has 1 amide bonds. The van der Waals surface area contributed by atoms with Crippen molar-refractivity contribution < 1.29 is 9.21 Å². The Morgan fingerprint density at radius 3 is 2.55 bits per heavy atom. The Morgan fingerprint density at radius 1 is 1.31 bits per heavy atom. The first kappa shape index (κ1) is 24.0. The molecule has 1 N–H and O–H groups in total. The van der Waals surface area contributed by atoms with E-state index in [9.17, 15) is 4.79 Å². The highest BCUT2D eigenvalue weighted by Crippen LogP contribution is 2.35. The van der Waals surface area contributed by atoms with Gasteiger partial charge in [0.05, 0.1) is 6.26 Å². The first-order valence-electron chi connectivity index (χ1n) is 10.4. The second kappa shape index (κ2) is 10.7. The van der Waals surface area contributed by atoms with Crippen LogP contribution in [0.4, 0.5) is 0 Å². The molecule has 0 aromatic carbocycles. The van der Waals surface area contributed by atoms with E-state index in [0.717, 1.165) is 31.5 Å². The molecular weight excluding hydrogens is 481 g/mol. The number of guanidine groups is 1. The number of aliphatic imine (C=N–C) groups is 1. The van der Waals surface area contributed by atoms with Crippen LogP contribution in [0, 0.1) is 5.92 Å². The molecule has 0 spiro atoms. The molecule has 2 atom stereocenters. The molecule has 2 heterocycles. The topological polar surface area (TPSA) is 64.3 Å². The number of carbonyl (C=O) groups excluding carboxylic acids is 1. The molecule has 1 saturated carbocycles. The molecule has 3 rings (SSSR count). The SMILES string of the molecule is CN=C(NCC1(N(C)C)CCCC(C)C1)N1CCN(C(=O)c2ccco2)CC1.I. The molecule has 164 valence electrons. The van der Waals surface area contributed by atoms with E-state index in [4.69, 9.17) is 4.42 Å². The molecule has 8 heteroatoms. The second-order valence-corrected chi connectivity index (χ2v) is 8.48. The summed E-state index contributed by atoms with van der Waals surface area (Å²) in [5.74, 6) is 2.08. The van der Waals surface area contributed by atoms with Crippen LogP contribution in [0.15, 0.2) is 27.8 Å². The van der Waals surface area contributed by atoms with Crippen molar-refractivity contribution in [2.45, 2.75) is 38.1 Å². The van der Waals surface area contributed by atoms with Crippen LogP contribution in [-0.4, -0.2) is 86.0 Å². The number of carbonyl (C=O) groups is 1. The van der Waals surface area contributed by atoms with Gasteiger partial charge in [0.15, 0.2) is 11.7 Å². The lowest BCUT2D eigenvalue weighted by molar-refractivity contribution is 0.0650. The van der Waals surface area contributed by atoms with Gasteiger partial charge in [-0.15, -0.1) is 24.0 Å². The van der Waals surface area contributed by atoms with Gasteiger partial charge in [0.1, 0.15) is 0 Å². The first-order chi connectivity index (χ1) is 13.4. The molecule has 1 aliphatic carbocycles. The third-order valence-corrected chi connectivity index (χ3v) is 6.40. The van der Waals surface area contributed by atoms with Crippen molar-refractivity contribution in [2.24, 2.45) is 10.9 Å². The first-order valence-corrected chi connectivity index (χ1v) is 10.4. The zero-order valence-electron chi connectivity index (χ0n) is 18.2. The summed E-state index contributed by atoms with van der Waals surface area (Å²) in [4.78, 5) is 23.5. The van der Waals surface area contributed by atoms with Crippen molar-refractivity contribution in [3.8, 4) is 0 Å². The van der Waals surface area contributed by atoms with E-state index in [1.54, 1.807) is 18.4 Å². The number of furan rings is 1. The number of likely N-dealkylation sites (N-methyl/N-ethyl adjacent to an activating group) is 1. The van der Waals surface area contributed by atoms with Gasteiger partial charge in [-0.1, -0.05) is 19.8 Å². The maximum atomic E-state index is 12.4. The number of halogens is 1. The van der Waals surface area contributed by atoms with Crippen molar-refractivity contribution in [3.63, 3.8) is 0 Å². The Kier molecular flexibility index (Phi) is 8.81. The van der Waals surface area contributed by atoms with Crippen molar-refractivity contribution in [1.82, 2.24) is 20.0 Å². The van der Waals surface area contributed by atoms with Gasteiger partial charge in [-0.2, -0.15) is 0 Å². The molecule has 1 aromatic heterocycles. The summed E-state index contributed by atoms with van der Waals surface area (Å²) in [6, 6.07) is 3.48. The van der Waals surface area contributed by atoms with Gasteiger partial charge in [0.2, 0.25) is 0 Å². The average Bonchev–Trinajstić information content (AvgIpc) is 3.23. The lowest BCUT2D eigenvalue weighted by Gasteiger charge is -2.46. The molecule has 2 aliphatic rings. The molecule has 7 nitrogen and oxygen atoms in total. The summed E-state index contributed by atoms with van der Waals surface area (Å²) >= 11 is 0. The zero-order valence-corrected chi connectivity index (χ0v) is 20.5. The van der Waals surface area contributed by atoms with Gasteiger partial charge in [-0.05, 0) is 45.0 Å². The smallest absolute Gasteiger partial charge is 0.289 e. The molecular formula is C21H36IN5O2. The van der Waals surface area contributed by atoms with Gasteiger partial charge in [-0.25, -0.2) is 0 Å². The van der Waals surface area contributed by atoms with Crippen LogP contribution in [0.2, 0.25) is 0 Å². The Labute approximate surface area is 191 Å². The van der Waals surface area contributed by atoms with Gasteiger partial charge in [0, 0.05) is 45.3 Å². The largest absolute Gasteiger partial charge is 0.459 e. The fourth-order valence-corrected chi connectivity index (χ4v) is 4.61. The minimum Gasteiger partial charge on any atom is -0.459 e. The van der Waals surface area contributed by atoms with E-state index < -0.39 is 0 Å². The van der Waals surface area contributed by atoms with Gasteiger partial charge in [-0.3, -0.25) is 9.79 Å². The number of piperazine rings is 1. The molecule has 29 heavy (non-hydrogen) atoms. The fourth-order valence-electron chi connectivity index (χ4n) is 4.61. The summed E-state index contributed by atoms with van der Waals surface area (Å²) in [6.07, 6.45) is 6.60. The number of rotatable bonds is 4. The van der Waals surface area contributed by atoms with Crippen molar-refractivity contribution in [2.75, 3.05) is 53.9 Å². The predicted molar refractivity (Wildman–Crippen MR) is 127 cm³/mol. The van der Waals surface area contributed by atoms with E-state index in [0.29, 0.717) is 18.8 Å². The Morgan fingerprint density at radius 2 is 2.00 bits per heavy atom. The van der Waals surface area contributed by atoms with E-state index >= 15 is 0 Å². The number of amides is 1. The molecule has 1 aromatic rings. The highest BCUT2D eigenvalue weighted by molar-refractivity contribution is 14.0. The van der Waals surface area contributed by atoms with Gasteiger partial charge < -0.3 is 24.4 Å². The fraction of sp³-hybridized carbons (Fsp3) is 0.714. The lowest BCUT2D eigenvalue weighted by atomic mass is 9.75. The van der Waals surface area contributed by atoms with E-state index in [-0.39, 0.29) is 35.4 Å². The summed E-state index contributed by atoms with van der Waals surface area (Å²) in [7, 11) is 6.23. The Hall–Kier alpha value is -1.29.